The minimum Gasteiger partial charge on any atom is -0.373 e. The number of H-pyrrole nitrogens is 1. The highest BCUT2D eigenvalue weighted by atomic mass is 19.1. The van der Waals surface area contributed by atoms with Gasteiger partial charge in [-0.2, -0.15) is 0 Å². The predicted molar refractivity (Wildman–Crippen MR) is 113 cm³/mol. The van der Waals surface area contributed by atoms with Gasteiger partial charge in [-0.1, -0.05) is 36.9 Å². The number of pyridine rings is 1. The number of aromatic nitrogens is 1. The van der Waals surface area contributed by atoms with E-state index in [1.165, 1.54) is 11.6 Å². The van der Waals surface area contributed by atoms with Gasteiger partial charge in [-0.05, 0) is 48.4 Å². The van der Waals surface area contributed by atoms with Gasteiger partial charge in [-0.15, -0.1) is 0 Å². The van der Waals surface area contributed by atoms with Crippen LogP contribution in [-0.2, 0) is 17.8 Å². The van der Waals surface area contributed by atoms with Crippen molar-refractivity contribution in [1.82, 2.24) is 9.88 Å². The lowest BCUT2D eigenvalue weighted by molar-refractivity contribution is 0.0500. The molecule has 1 N–H and O–H groups in total. The molecular weight excluding hydrogens is 367 g/mol. The van der Waals surface area contributed by atoms with E-state index in [1.54, 1.807) is 13.0 Å². The SMILES string of the molecule is C=C(CCc1ccccc1)N(C)C1COCc2[nH]c(=O)c3cc(C)c(F)cc3c21. The molecule has 5 heteroatoms. The zero-order valence-electron chi connectivity index (χ0n) is 16.8. The van der Waals surface area contributed by atoms with E-state index in [0.29, 0.717) is 35.2 Å². The molecule has 0 saturated carbocycles. The van der Waals surface area contributed by atoms with Gasteiger partial charge in [0.1, 0.15) is 5.82 Å². The molecule has 0 saturated heterocycles. The van der Waals surface area contributed by atoms with Crippen LogP contribution in [-0.4, -0.2) is 23.5 Å². The Morgan fingerprint density at radius 2 is 2.03 bits per heavy atom. The van der Waals surface area contributed by atoms with Crippen molar-refractivity contribution >= 4 is 10.8 Å². The molecule has 0 spiro atoms. The molecular formula is C24H25FN2O2. The Labute approximate surface area is 169 Å². The lowest BCUT2D eigenvalue weighted by Gasteiger charge is -2.36. The Balaban J connectivity index is 1.68. The van der Waals surface area contributed by atoms with E-state index in [2.05, 4.69) is 28.6 Å². The first-order chi connectivity index (χ1) is 14.0. The van der Waals surface area contributed by atoms with Crippen LogP contribution in [0.3, 0.4) is 0 Å². The Kier molecular flexibility index (Phi) is 5.24. The number of nitrogens with zero attached hydrogens (tertiary/aromatic N) is 1. The van der Waals surface area contributed by atoms with Crippen LogP contribution in [0.5, 0.6) is 0 Å². The second-order valence-corrected chi connectivity index (χ2v) is 7.69. The fourth-order valence-corrected chi connectivity index (χ4v) is 4.01. The van der Waals surface area contributed by atoms with E-state index in [4.69, 9.17) is 4.74 Å². The second-order valence-electron chi connectivity index (χ2n) is 7.69. The molecule has 0 fully saturated rings. The monoisotopic (exact) mass is 392 g/mol. The van der Waals surface area contributed by atoms with Crippen molar-refractivity contribution in [2.75, 3.05) is 13.7 Å². The fourth-order valence-electron chi connectivity index (χ4n) is 4.01. The summed E-state index contributed by atoms with van der Waals surface area (Å²) in [4.78, 5) is 17.6. The number of rotatable bonds is 5. The summed E-state index contributed by atoms with van der Waals surface area (Å²) < 4.78 is 20.1. The van der Waals surface area contributed by atoms with Crippen molar-refractivity contribution in [3.05, 3.63) is 93.3 Å². The topological polar surface area (TPSA) is 45.3 Å². The summed E-state index contributed by atoms with van der Waals surface area (Å²) in [5.74, 6) is -0.305. The fraction of sp³-hybridized carbons (Fsp3) is 0.292. The van der Waals surface area contributed by atoms with E-state index in [0.717, 1.165) is 24.1 Å². The maximum atomic E-state index is 14.4. The highest BCUT2D eigenvalue weighted by Gasteiger charge is 2.29. The third kappa shape index (κ3) is 3.70. The molecule has 0 bridgehead atoms. The number of fused-ring (bicyclic) bond motifs is 3. The van der Waals surface area contributed by atoms with Gasteiger partial charge in [0, 0.05) is 29.4 Å². The molecule has 1 atom stereocenters. The molecule has 150 valence electrons. The van der Waals surface area contributed by atoms with Gasteiger partial charge in [-0.3, -0.25) is 4.79 Å². The van der Waals surface area contributed by atoms with Crippen molar-refractivity contribution in [1.29, 1.82) is 0 Å². The van der Waals surface area contributed by atoms with Crippen LogP contribution in [0.25, 0.3) is 10.8 Å². The lowest BCUT2D eigenvalue weighted by Crippen LogP contribution is -2.33. The van der Waals surface area contributed by atoms with Gasteiger partial charge in [0.25, 0.3) is 5.56 Å². The molecule has 4 nitrogen and oxygen atoms in total. The van der Waals surface area contributed by atoms with Gasteiger partial charge < -0.3 is 14.6 Å². The highest BCUT2D eigenvalue weighted by Crippen LogP contribution is 2.35. The summed E-state index contributed by atoms with van der Waals surface area (Å²) in [6.07, 6.45) is 1.70. The summed E-state index contributed by atoms with van der Waals surface area (Å²) in [5, 5.41) is 1.17. The predicted octanol–water partition coefficient (Wildman–Crippen LogP) is 4.63. The minimum absolute atomic E-state index is 0.136. The van der Waals surface area contributed by atoms with Crippen LogP contribution in [0.4, 0.5) is 4.39 Å². The Morgan fingerprint density at radius 1 is 1.28 bits per heavy atom. The van der Waals surface area contributed by atoms with Gasteiger partial charge in [0.15, 0.2) is 0 Å². The Morgan fingerprint density at radius 3 is 2.79 bits per heavy atom. The molecule has 0 amide bonds. The van der Waals surface area contributed by atoms with Crippen LogP contribution in [0.2, 0.25) is 0 Å². The van der Waals surface area contributed by atoms with E-state index in [9.17, 15) is 9.18 Å². The maximum absolute atomic E-state index is 14.4. The quantitative estimate of drug-likeness (QED) is 0.689. The van der Waals surface area contributed by atoms with Crippen molar-refractivity contribution in [2.24, 2.45) is 0 Å². The summed E-state index contributed by atoms with van der Waals surface area (Å²) in [5.41, 5.74) is 4.12. The van der Waals surface area contributed by atoms with Crippen LogP contribution >= 0.6 is 0 Å². The van der Waals surface area contributed by atoms with Crippen molar-refractivity contribution < 1.29 is 9.13 Å². The zero-order valence-corrected chi connectivity index (χ0v) is 16.8. The van der Waals surface area contributed by atoms with Crippen LogP contribution < -0.4 is 5.56 Å². The average molecular weight is 392 g/mol. The van der Waals surface area contributed by atoms with Crippen molar-refractivity contribution in [3.63, 3.8) is 0 Å². The molecule has 4 rings (SSSR count). The molecule has 29 heavy (non-hydrogen) atoms. The largest absolute Gasteiger partial charge is 0.373 e. The minimum atomic E-state index is -0.305. The van der Waals surface area contributed by atoms with Gasteiger partial charge in [-0.25, -0.2) is 4.39 Å². The molecule has 1 aromatic heterocycles. The second kappa shape index (κ2) is 7.84. The third-order valence-electron chi connectivity index (χ3n) is 5.79. The van der Waals surface area contributed by atoms with Gasteiger partial charge in [0.05, 0.1) is 19.3 Å². The summed E-state index contributed by atoms with van der Waals surface area (Å²) >= 11 is 0. The number of hydrogen-bond acceptors (Lipinski definition) is 3. The maximum Gasteiger partial charge on any atom is 0.256 e. The molecule has 0 aliphatic carbocycles. The number of hydrogen-bond donors (Lipinski definition) is 1. The number of halogens is 1. The molecule has 2 aromatic carbocycles. The highest BCUT2D eigenvalue weighted by molar-refractivity contribution is 5.87. The van der Waals surface area contributed by atoms with Gasteiger partial charge in [0.2, 0.25) is 0 Å². The zero-order chi connectivity index (χ0) is 20.5. The molecule has 3 aromatic rings. The smallest absolute Gasteiger partial charge is 0.256 e. The van der Waals surface area contributed by atoms with Crippen LogP contribution in [0.15, 0.2) is 59.5 Å². The van der Waals surface area contributed by atoms with Gasteiger partial charge >= 0.3 is 0 Å². The third-order valence-corrected chi connectivity index (χ3v) is 5.79. The number of likely N-dealkylation sites (N-methyl/N-ethyl adjacent to an activating group) is 1. The van der Waals surface area contributed by atoms with Crippen LogP contribution in [0.1, 0.15) is 34.8 Å². The number of nitrogens with one attached hydrogen (secondary N) is 1. The number of aryl methyl sites for hydroxylation is 2. The van der Waals surface area contributed by atoms with E-state index >= 15 is 0 Å². The van der Waals surface area contributed by atoms with E-state index in [1.807, 2.05) is 25.2 Å². The molecule has 1 unspecified atom stereocenters. The van der Waals surface area contributed by atoms with Crippen LogP contribution in [0, 0.1) is 12.7 Å². The first kappa shape index (κ1) is 19.4. The number of ether oxygens (including phenoxy) is 1. The first-order valence-electron chi connectivity index (χ1n) is 9.83. The molecule has 0 radical (unpaired) electrons. The number of benzene rings is 2. The van der Waals surface area contributed by atoms with E-state index < -0.39 is 0 Å². The number of aromatic amines is 1. The lowest BCUT2D eigenvalue weighted by atomic mass is 9.94. The number of allylic oxidation sites excluding steroid dienone is 1. The van der Waals surface area contributed by atoms with Crippen molar-refractivity contribution in [3.8, 4) is 0 Å². The Hall–Kier alpha value is -2.92. The van der Waals surface area contributed by atoms with Crippen molar-refractivity contribution in [2.45, 2.75) is 32.4 Å². The molecule has 2 heterocycles. The standard InChI is InChI=1S/C24H25FN2O2/c1-15-11-19-18(12-20(15)25)23-21(26-24(19)28)13-29-14-22(23)27(3)16(2)9-10-17-7-5-4-6-8-17/h4-8,11-12,22H,2,9-10,13-14H2,1,3H3,(H,26,28). The normalized spacial score (nSPS) is 15.9. The van der Waals surface area contributed by atoms with E-state index in [-0.39, 0.29) is 17.4 Å². The summed E-state index contributed by atoms with van der Waals surface area (Å²) in [6.45, 7) is 6.72. The average Bonchev–Trinajstić information content (AvgIpc) is 2.73. The summed E-state index contributed by atoms with van der Waals surface area (Å²) in [7, 11) is 1.98. The Bertz CT molecular complexity index is 1120. The molecule has 1 aliphatic rings. The first-order valence-corrected chi connectivity index (χ1v) is 9.83. The summed E-state index contributed by atoms with van der Waals surface area (Å²) in [6, 6.07) is 13.3. The molecule has 1 aliphatic heterocycles.